The molecular formula is C5H12N3O2S. The van der Waals surface area contributed by atoms with Gasteiger partial charge in [0.2, 0.25) is 0 Å². The Morgan fingerprint density at radius 3 is 2.91 bits per heavy atom. The molecule has 0 bridgehead atoms. The first-order chi connectivity index (χ1) is 5.08. The smallest absolute Gasteiger partial charge is 0.274 e. The molecule has 1 saturated heterocycles. The number of hydrogen-bond donors (Lipinski definition) is 3. The van der Waals surface area contributed by atoms with E-state index in [4.69, 9.17) is 5.14 Å². The highest BCUT2D eigenvalue weighted by Crippen LogP contribution is 2.01. The van der Waals surface area contributed by atoms with Crippen molar-refractivity contribution in [2.75, 3.05) is 13.1 Å². The van der Waals surface area contributed by atoms with E-state index in [0.717, 1.165) is 13.0 Å². The third-order valence-electron chi connectivity index (χ3n) is 1.53. The van der Waals surface area contributed by atoms with Crippen LogP contribution in [0.5, 0.6) is 0 Å². The molecule has 1 atom stereocenters. The molecule has 6 heteroatoms. The van der Waals surface area contributed by atoms with Crippen molar-refractivity contribution in [3.63, 3.8) is 0 Å². The van der Waals surface area contributed by atoms with Gasteiger partial charge in [-0.15, -0.1) is 0 Å². The number of hydrogen-bond acceptors (Lipinski definition) is 3. The summed E-state index contributed by atoms with van der Waals surface area (Å²) in [5, 5.41) is 7.83. The Kier molecular flexibility index (Phi) is 2.83. The first-order valence-corrected chi connectivity index (χ1v) is 4.95. The molecule has 65 valence electrons. The SMILES string of the molecule is NS(=O)(=O)NC[C@@H]1C[CH]CN1. The Morgan fingerprint density at radius 2 is 2.45 bits per heavy atom. The molecule has 4 N–H and O–H groups in total. The van der Waals surface area contributed by atoms with Crippen LogP contribution in [0.3, 0.4) is 0 Å². The van der Waals surface area contributed by atoms with Crippen LogP contribution in [0.1, 0.15) is 6.42 Å². The molecule has 0 aliphatic carbocycles. The van der Waals surface area contributed by atoms with Crippen molar-refractivity contribution < 1.29 is 8.42 Å². The second kappa shape index (κ2) is 3.48. The second-order valence-electron chi connectivity index (χ2n) is 2.52. The molecule has 0 aromatic carbocycles. The monoisotopic (exact) mass is 178 g/mol. The van der Waals surface area contributed by atoms with Gasteiger partial charge < -0.3 is 5.32 Å². The summed E-state index contributed by atoms with van der Waals surface area (Å²) < 4.78 is 23.1. The van der Waals surface area contributed by atoms with E-state index in [1.807, 2.05) is 0 Å². The van der Waals surface area contributed by atoms with Crippen molar-refractivity contribution in [3.05, 3.63) is 6.42 Å². The fraction of sp³-hybridized carbons (Fsp3) is 0.800. The molecule has 1 fully saturated rings. The molecule has 1 rings (SSSR count). The van der Waals surface area contributed by atoms with Crippen molar-refractivity contribution in [3.8, 4) is 0 Å². The normalized spacial score (nSPS) is 25.7. The van der Waals surface area contributed by atoms with Gasteiger partial charge in [-0.25, -0.2) is 9.86 Å². The van der Waals surface area contributed by atoms with Crippen LogP contribution in [0, 0.1) is 6.42 Å². The van der Waals surface area contributed by atoms with E-state index >= 15 is 0 Å². The zero-order valence-corrected chi connectivity index (χ0v) is 6.89. The summed E-state index contributed by atoms with van der Waals surface area (Å²) in [5.74, 6) is 0. The van der Waals surface area contributed by atoms with Gasteiger partial charge >= 0.3 is 0 Å². The van der Waals surface area contributed by atoms with Gasteiger partial charge in [0.25, 0.3) is 10.2 Å². The molecular weight excluding hydrogens is 166 g/mol. The predicted molar refractivity (Wildman–Crippen MR) is 41.8 cm³/mol. The van der Waals surface area contributed by atoms with Crippen LogP contribution >= 0.6 is 0 Å². The van der Waals surface area contributed by atoms with Gasteiger partial charge in [-0.1, -0.05) is 0 Å². The molecule has 11 heavy (non-hydrogen) atoms. The molecule has 0 unspecified atom stereocenters. The van der Waals surface area contributed by atoms with Gasteiger partial charge in [-0.3, -0.25) is 0 Å². The van der Waals surface area contributed by atoms with Crippen molar-refractivity contribution in [1.82, 2.24) is 10.0 Å². The number of nitrogens with one attached hydrogen (secondary N) is 2. The van der Waals surface area contributed by atoms with E-state index in [-0.39, 0.29) is 6.04 Å². The minimum Gasteiger partial charge on any atom is -0.312 e. The molecule has 1 aliphatic heterocycles. The van der Waals surface area contributed by atoms with Crippen LogP contribution in [-0.4, -0.2) is 27.5 Å². The number of nitrogens with two attached hydrogens (primary N) is 1. The minimum absolute atomic E-state index is 0.202. The van der Waals surface area contributed by atoms with E-state index in [9.17, 15) is 8.42 Å². The van der Waals surface area contributed by atoms with Gasteiger partial charge in [0.15, 0.2) is 0 Å². The Morgan fingerprint density at radius 1 is 1.73 bits per heavy atom. The first-order valence-electron chi connectivity index (χ1n) is 3.40. The summed E-state index contributed by atoms with van der Waals surface area (Å²) in [7, 11) is -3.52. The molecule has 0 spiro atoms. The zero-order valence-electron chi connectivity index (χ0n) is 6.08. The highest BCUT2D eigenvalue weighted by Gasteiger charge is 2.15. The second-order valence-corrected chi connectivity index (χ2v) is 3.90. The summed E-state index contributed by atoms with van der Waals surface area (Å²) in [6.07, 6.45) is 2.96. The van der Waals surface area contributed by atoms with Crippen LogP contribution < -0.4 is 15.2 Å². The van der Waals surface area contributed by atoms with Gasteiger partial charge in [-0.05, 0) is 19.4 Å². The maximum atomic E-state index is 10.4. The quantitative estimate of drug-likeness (QED) is 0.484. The van der Waals surface area contributed by atoms with Crippen LogP contribution in [-0.2, 0) is 10.2 Å². The highest BCUT2D eigenvalue weighted by molar-refractivity contribution is 7.87. The zero-order chi connectivity index (χ0) is 8.32. The van der Waals surface area contributed by atoms with Crippen molar-refractivity contribution in [2.24, 2.45) is 5.14 Å². The van der Waals surface area contributed by atoms with Gasteiger partial charge in [0.05, 0.1) is 0 Å². The lowest BCUT2D eigenvalue weighted by Gasteiger charge is -2.08. The van der Waals surface area contributed by atoms with Crippen LogP contribution in [0.25, 0.3) is 0 Å². The fourth-order valence-corrected chi connectivity index (χ4v) is 1.42. The van der Waals surface area contributed by atoms with E-state index in [0.29, 0.717) is 6.54 Å². The first kappa shape index (κ1) is 8.92. The standard InChI is InChI=1S/C5H12N3O2S/c6-11(9,10)8-4-5-2-1-3-7-5/h1,5,7-8H,2-4H2,(H2,6,9,10)/t5-/m0/s1. The van der Waals surface area contributed by atoms with Crippen LogP contribution in [0.2, 0.25) is 0 Å². The molecule has 0 aromatic heterocycles. The summed E-state index contributed by atoms with van der Waals surface area (Å²) in [6, 6.07) is 0.202. The van der Waals surface area contributed by atoms with Crippen LogP contribution in [0.15, 0.2) is 0 Å². The lowest BCUT2D eigenvalue weighted by Crippen LogP contribution is -2.40. The van der Waals surface area contributed by atoms with Gasteiger partial charge in [0, 0.05) is 12.6 Å². The Bertz CT molecular complexity index is 208. The fourth-order valence-electron chi connectivity index (χ4n) is 0.990. The van der Waals surface area contributed by atoms with Crippen molar-refractivity contribution in [1.29, 1.82) is 0 Å². The molecule has 0 saturated carbocycles. The Labute approximate surface area is 66.5 Å². The van der Waals surface area contributed by atoms with E-state index in [1.54, 1.807) is 0 Å². The largest absolute Gasteiger partial charge is 0.312 e. The van der Waals surface area contributed by atoms with E-state index in [1.165, 1.54) is 0 Å². The Hall–Kier alpha value is -0.170. The lowest BCUT2D eigenvalue weighted by atomic mass is 10.2. The maximum absolute atomic E-state index is 10.4. The third kappa shape index (κ3) is 3.66. The summed E-state index contributed by atoms with van der Waals surface area (Å²) in [4.78, 5) is 0. The molecule has 1 radical (unpaired) electrons. The van der Waals surface area contributed by atoms with E-state index < -0.39 is 10.2 Å². The molecule has 1 aliphatic rings. The van der Waals surface area contributed by atoms with Gasteiger partial charge in [0.1, 0.15) is 0 Å². The van der Waals surface area contributed by atoms with Gasteiger partial charge in [-0.2, -0.15) is 8.42 Å². The minimum atomic E-state index is -3.52. The average Bonchev–Trinajstić information content (AvgIpc) is 2.32. The van der Waals surface area contributed by atoms with Crippen LogP contribution in [0.4, 0.5) is 0 Å². The number of rotatable bonds is 3. The molecule has 0 aromatic rings. The topological polar surface area (TPSA) is 84.2 Å². The van der Waals surface area contributed by atoms with E-state index in [2.05, 4.69) is 16.5 Å². The molecule has 5 nitrogen and oxygen atoms in total. The summed E-state index contributed by atoms with van der Waals surface area (Å²) in [6.45, 7) is 1.21. The highest BCUT2D eigenvalue weighted by atomic mass is 32.2. The summed E-state index contributed by atoms with van der Waals surface area (Å²) >= 11 is 0. The predicted octanol–water partition coefficient (Wildman–Crippen LogP) is -1.65. The summed E-state index contributed by atoms with van der Waals surface area (Å²) in [5.41, 5.74) is 0. The Balaban J connectivity index is 2.22. The molecule has 0 amide bonds. The molecule has 1 heterocycles. The van der Waals surface area contributed by atoms with Crippen molar-refractivity contribution in [2.45, 2.75) is 12.5 Å². The lowest BCUT2D eigenvalue weighted by molar-refractivity contribution is 0.554. The average molecular weight is 178 g/mol. The maximum Gasteiger partial charge on any atom is 0.274 e. The third-order valence-corrected chi connectivity index (χ3v) is 2.10. The van der Waals surface area contributed by atoms with Crippen molar-refractivity contribution >= 4 is 10.2 Å².